The van der Waals surface area contributed by atoms with E-state index in [0.29, 0.717) is 12.0 Å². The molecule has 184 valence electrons. The highest BCUT2D eigenvalue weighted by Crippen LogP contribution is 2.40. The van der Waals surface area contributed by atoms with Crippen LogP contribution >= 0.6 is 0 Å². The van der Waals surface area contributed by atoms with E-state index in [0.717, 1.165) is 16.7 Å². The molecule has 0 fully saturated rings. The lowest BCUT2D eigenvalue weighted by atomic mass is 9.71. The second kappa shape index (κ2) is 13.5. The molecule has 0 bridgehead atoms. The van der Waals surface area contributed by atoms with Crippen LogP contribution in [0.2, 0.25) is 0 Å². The van der Waals surface area contributed by atoms with Crippen LogP contribution < -0.4 is 0 Å². The van der Waals surface area contributed by atoms with Crippen LogP contribution in [-0.4, -0.2) is 28.9 Å². The van der Waals surface area contributed by atoms with Gasteiger partial charge in [-0.3, -0.25) is 14.4 Å². The molecule has 0 heterocycles. The molecule has 0 aromatic carbocycles. The fourth-order valence-corrected chi connectivity index (χ4v) is 3.55. The maximum Gasteiger partial charge on any atom is 0.307 e. The molecule has 1 atom stereocenters. The van der Waals surface area contributed by atoms with E-state index in [1.165, 1.54) is 5.57 Å². The van der Waals surface area contributed by atoms with Crippen LogP contribution in [0.15, 0.2) is 82.5 Å². The Bertz CT molecular complexity index is 990. The number of carboxylic acids is 1. The van der Waals surface area contributed by atoms with E-state index in [9.17, 15) is 14.4 Å². The summed E-state index contributed by atoms with van der Waals surface area (Å²) >= 11 is 0. The van der Waals surface area contributed by atoms with Gasteiger partial charge in [-0.05, 0) is 51.2 Å². The summed E-state index contributed by atoms with van der Waals surface area (Å²) in [4.78, 5) is 35.4. The summed E-state index contributed by atoms with van der Waals surface area (Å²) < 4.78 is 5.31. The highest BCUT2D eigenvalue weighted by atomic mass is 16.5. The Hall–Kier alpha value is -3.21. The van der Waals surface area contributed by atoms with Gasteiger partial charge in [-0.2, -0.15) is 0 Å². The van der Waals surface area contributed by atoms with Crippen molar-refractivity contribution in [1.82, 2.24) is 0 Å². The van der Waals surface area contributed by atoms with Crippen molar-refractivity contribution in [3.8, 4) is 0 Å². The number of rotatable bonds is 10. The van der Waals surface area contributed by atoms with Crippen molar-refractivity contribution in [1.29, 1.82) is 0 Å². The lowest BCUT2D eigenvalue weighted by Gasteiger charge is -2.36. The zero-order chi connectivity index (χ0) is 25.9. The van der Waals surface area contributed by atoms with Gasteiger partial charge in [-0.15, -0.1) is 0 Å². The van der Waals surface area contributed by atoms with E-state index in [2.05, 4.69) is 19.9 Å². The Labute approximate surface area is 204 Å². The molecule has 1 aliphatic carbocycles. The molecule has 1 rings (SSSR count). The molecule has 0 amide bonds. The van der Waals surface area contributed by atoms with Crippen molar-refractivity contribution in [2.75, 3.05) is 0 Å². The Balaban J connectivity index is 2.90. The third kappa shape index (κ3) is 10.2. The molecular formula is C29H38O5. The number of ether oxygens (including phenoxy) is 1. The highest BCUT2D eigenvalue weighted by Gasteiger charge is 2.39. The van der Waals surface area contributed by atoms with E-state index < -0.39 is 18.0 Å². The third-order valence-electron chi connectivity index (χ3n) is 5.44. The highest BCUT2D eigenvalue weighted by molar-refractivity contribution is 6.01. The molecule has 5 nitrogen and oxygen atoms in total. The van der Waals surface area contributed by atoms with Crippen LogP contribution in [0.4, 0.5) is 0 Å². The van der Waals surface area contributed by atoms with E-state index in [1.54, 1.807) is 6.92 Å². The van der Waals surface area contributed by atoms with Gasteiger partial charge in [0.05, 0.1) is 12.8 Å². The maximum atomic E-state index is 12.8. The van der Waals surface area contributed by atoms with Gasteiger partial charge < -0.3 is 9.84 Å². The fourth-order valence-electron chi connectivity index (χ4n) is 3.55. The van der Waals surface area contributed by atoms with Gasteiger partial charge in [0.1, 0.15) is 0 Å². The lowest BCUT2D eigenvalue weighted by molar-refractivity contribution is -0.157. The summed E-state index contributed by atoms with van der Waals surface area (Å²) in [6, 6.07) is 0. The predicted molar refractivity (Wildman–Crippen MR) is 137 cm³/mol. The van der Waals surface area contributed by atoms with Gasteiger partial charge in [0, 0.05) is 6.42 Å². The number of allylic oxidation sites excluding steroid dienone is 13. The molecule has 0 radical (unpaired) electrons. The SMILES string of the molecule is CC(C)=CC=CC=C(C)C=CC=C(C)C=CC1=C(C)C(=O)C(OC(=O)CCC(=O)O)CC1(C)C. The predicted octanol–water partition coefficient (Wildman–Crippen LogP) is 6.61. The minimum absolute atomic E-state index is 0.230. The van der Waals surface area contributed by atoms with Crippen LogP contribution in [0, 0.1) is 5.41 Å². The van der Waals surface area contributed by atoms with Crippen molar-refractivity contribution < 1.29 is 24.2 Å². The molecule has 0 saturated carbocycles. The van der Waals surface area contributed by atoms with Crippen molar-refractivity contribution in [3.63, 3.8) is 0 Å². The van der Waals surface area contributed by atoms with E-state index in [-0.39, 0.29) is 24.0 Å². The standard InChI is InChI=1S/C29H38O5/c1-20(2)11-8-9-12-21(3)13-10-14-22(4)15-16-24-23(5)28(33)25(19-29(24,6)7)34-27(32)18-17-26(30)31/h8-16,25H,17-19H2,1-7H3,(H,30,31). The molecule has 1 N–H and O–H groups in total. The van der Waals surface area contributed by atoms with Crippen molar-refractivity contribution in [2.45, 2.75) is 73.8 Å². The second-order valence-electron chi connectivity index (χ2n) is 9.51. The van der Waals surface area contributed by atoms with Gasteiger partial charge in [0.25, 0.3) is 0 Å². The summed E-state index contributed by atoms with van der Waals surface area (Å²) in [5.41, 5.74) is 4.52. The van der Waals surface area contributed by atoms with Crippen LogP contribution in [0.5, 0.6) is 0 Å². The van der Waals surface area contributed by atoms with Crippen LogP contribution in [0.3, 0.4) is 0 Å². The van der Waals surface area contributed by atoms with E-state index >= 15 is 0 Å². The first-order valence-corrected chi connectivity index (χ1v) is 11.5. The topological polar surface area (TPSA) is 80.7 Å². The average molecular weight is 467 g/mol. The second-order valence-corrected chi connectivity index (χ2v) is 9.51. The van der Waals surface area contributed by atoms with Crippen LogP contribution in [0.25, 0.3) is 0 Å². The van der Waals surface area contributed by atoms with Crippen LogP contribution in [0.1, 0.15) is 67.7 Å². The number of carbonyl (C=O) groups excluding carboxylic acids is 2. The minimum atomic E-state index is -1.07. The van der Waals surface area contributed by atoms with Crippen molar-refractivity contribution in [2.24, 2.45) is 5.41 Å². The zero-order valence-electron chi connectivity index (χ0n) is 21.5. The lowest BCUT2D eigenvalue weighted by Crippen LogP contribution is -2.39. The summed E-state index contributed by atoms with van der Waals surface area (Å²) in [5.74, 6) is -1.96. The Morgan fingerprint density at radius 3 is 2.18 bits per heavy atom. The van der Waals surface area contributed by atoms with E-state index in [1.807, 2.05) is 76.3 Å². The molecular weight excluding hydrogens is 428 g/mol. The van der Waals surface area contributed by atoms with Gasteiger partial charge >= 0.3 is 11.9 Å². The van der Waals surface area contributed by atoms with Gasteiger partial charge in [-0.25, -0.2) is 0 Å². The largest absolute Gasteiger partial charge is 0.481 e. The molecule has 0 aromatic heterocycles. The summed E-state index contributed by atoms with van der Waals surface area (Å²) in [5, 5.41) is 8.72. The number of carboxylic acid groups (broad SMARTS) is 1. The van der Waals surface area contributed by atoms with Gasteiger partial charge in [0.2, 0.25) is 0 Å². The zero-order valence-corrected chi connectivity index (χ0v) is 21.5. The fraction of sp³-hybridized carbons (Fsp3) is 0.414. The molecule has 0 aliphatic heterocycles. The van der Waals surface area contributed by atoms with Crippen molar-refractivity contribution >= 4 is 17.7 Å². The smallest absolute Gasteiger partial charge is 0.307 e. The number of hydrogen-bond acceptors (Lipinski definition) is 4. The first-order chi connectivity index (χ1) is 15.8. The monoisotopic (exact) mass is 466 g/mol. The summed E-state index contributed by atoms with van der Waals surface area (Å²) in [6.45, 7) is 13.9. The normalized spacial score (nSPS) is 19.4. The third-order valence-corrected chi connectivity index (χ3v) is 5.44. The number of esters is 1. The molecule has 0 aromatic rings. The molecule has 0 saturated heterocycles. The molecule has 0 spiro atoms. The Kier molecular flexibility index (Phi) is 11.4. The number of Topliss-reactive ketones (excluding diaryl/α,β-unsaturated/α-hetero) is 1. The van der Waals surface area contributed by atoms with Crippen LogP contribution in [-0.2, 0) is 19.1 Å². The number of aliphatic carboxylic acids is 1. The molecule has 1 unspecified atom stereocenters. The molecule has 1 aliphatic rings. The van der Waals surface area contributed by atoms with Gasteiger partial charge in [0.15, 0.2) is 11.9 Å². The minimum Gasteiger partial charge on any atom is -0.481 e. The van der Waals surface area contributed by atoms with Crippen molar-refractivity contribution in [3.05, 3.63) is 82.5 Å². The first-order valence-electron chi connectivity index (χ1n) is 11.5. The van der Waals surface area contributed by atoms with E-state index in [4.69, 9.17) is 9.84 Å². The number of hydrogen-bond donors (Lipinski definition) is 1. The Morgan fingerprint density at radius 2 is 1.56 bits per heavy atom. The maximum absolute atomic E-state index is 12.8. The molecule has 5 heteroatoms. The average Bonchev–Trinajstić information content (AvgIpc) is 2.73. The summed E-state index contributed by atoms with van der Waals surface area (Å²) in [7, 11) is 0. The number of carbonyl (C=O) groups is 3. The summed E-state index contributed by atoms with van der Waals surface area (Å²) in [6.07, 6.45) is 17.0. The first kappa shape index (κ1) is 28.8. The number of ketones is 1. The quantitative estimate of drug-likeness (QED) is 0.289. The Morgan fingerprint density at radius 1 is 0.971 bits per heavy atom. The van der Waals surface area contributed by atoms with Gasteiger partial charge in [-0.1, -0.05) is 85.3 Å². The molecule has 34 heavy (non-hydrogen) atoms.